The standard InChI is InChI=1S/C17H23BBrClN6O6P/c18-33(28)29-7-9-11(32-33)12(31-17(27)22-6-4-2-1-3-5-21)15(30-9)26-14-10(25-16(26)19)13(20)23-8-24-14/h8-9,11-12,15,28H,1-7,21H2,(H,22,27)/q+1/t9-,11-,12-,15-,33?/m1/s1. The molecule has 12 nitrogen and oxygen atoms in total. The van der Waals surface area contributed by atoms with Gasteiger partial charge in [-0.25, -0.2) is 24.6 Å². The molecule has 4 rings (SSSR count). The normalized spacial score (nSPS) is 29.2. The van der Waals surface area contributed by atoms with Gasteiger partial charge in [0.2, 0.25) is 0 Å². The number of hydrogen-bond acceptors (Lipinski definition) is 10. The second-order valence-electron chi connectivity index (χ2n) is 7.58. The van der Waals surface area contributed by atoms with E-state index in [-0.39, 0.29) is 11.8 Å². The van der Waals surface area contributed by atoms with Crippen molar-refractivity contribution in [2.24, 2.45) is 5.73 Å². The summed E-state index contributed by atoms with van der Waals surface area (Å²) in [5.41, 5.74) is 6.19. The van der Waals surface area contributed by atoms with Gasteiger partial charge in [-0.1, -0.05) is 24.4 Å². The number of nitrogens with one attached hydrogen (secondary N) is 1. The van der Waals surface area contributed by atoms with Crippen LogP contribution in [0, 0.1) is 0 Å². The molecule has 2 aromatic heterocycles. The fourth-order valence-electron chi connectivity index (χ4n) is 3.75. The Morgan fingerprint density at radius 2 is 2.21 bits per heavy atom. The lowest BCUT2D eigenvalue weighted by atomic mass is 10.1. The van der Waals surface area contributed by atoms with Crippen LogP contribution in [0.25, 0.3) is 11.2 Å². The van der Waals surface area contributed by atoms with Crippen LogP contribution in [0.4, 0.5) is 4.79 Å². The van der Waals surface area contributed by atoms with Gasteiger partial charge in [0, 0.05) is 6.54 Å². The van der Waals surface area contributed by atoms with E-state index in [1.54, 1.807) is 4.57 Å². The zero-order valence-corrected chi connectivity index (χ0v) is 20.7. The molecular formula is C17H23BBrClN6O6P+. The minimum absolute atomic E-state index is 0.0371. The predicted molar refractivity (Wildman–Crippen MR) is 123 cm³/mol. The van der Waals surface area contributed by atoms with E-state index in [1.165, 1.54) is 6.33 Å². The highest BCUT2D eigenvalue weighted by Gasteiger charge is 2.59. The van der Waals surface area contributed by atoms with Crippen LogP contribution >= 0.6 is 35.4 Å². The summed E-state index contributed by atoms with van der Waals surface area (Å²) >= 11 is 9.53. The average Bonchev–Trinajstić information content (AvgIpc) is 3.27. The molecule has 33 heavy (non-hydrogen) atoms. The average molecular weight is 565 g/mol. The number of rotatable bonds is 8. The summed E-state index contributed by atoms with van der Waals surface area (Å²) in [4.78, 5) is 35.2. The Bertz CT molecular complexity index is 1000. The monoisotopic (exact) mass is 563 g/mol. The number of ether oxygens (including phenoxy) is 2. The van der Waals surface area contributed by atoms with E-state index in [4.69, 9.17) is 43.4 Å². The lowest BCUT2D eigenvalue weighted by molar-refractivity contribution is -0.0613. The molecule has 0 aliphatic carbocycles. The summed E-state index contributed by atoms with van der Waals surface area (Å²) in [5, 5.41) is 2.88. The van der Waals surface area contributed by atoms with Gasteiger partial charge in [-0.15, -0.1) is 0 Å². The van der Waals surface area contributed by atoms with Crippen LogP contribution < -0.4 is 11.1 Å². The maximum Gasteiger partial charge on any atom is 0.488 e. The molecule has 2 radical (unpaired) electrons. The number of alkyl carbamates (subject to hydrolysis) is 1. The Labute approximate surface area is 204 Å². The number of carbonyl (C=O) groups excluding carboxylic acids is 1. The quantitative estimate of drug-likeness (QED) is 0.143. The smallest absolute Gasteiger partial charge is 0.438 e. The third-order valence-corrected chi connectivity index (χ3v) is 7.17. The minimum Gasteiger partial charge on any atom is -0.438 e. The molecule has 1 amide bonds. The molecule has 4 heterocycles. The van der Waals surface area contributed by atoms with Crippen LogP contribution in [0.1, 0.15) is 31.9 Å². The summed E-state index contributed by atoms with van der Waals surface area (Å²) in [5.74, 6) is 0. The highest BCUT2D eigenvalue weighted by Crippen LogP contribution is 2.59. The van der Waals surface area contributed by atoms with Crippen molar-refractivity contribution in [2.45, 2.75) is 50.2 Å². The number of hydrogen-bond donors (Lipinski definition) is 3. The second-order valence-corrected chi connectivity index (χ2v) is 10.2. The van der Waals surface area contributed by atoms with Crippen molar-refractivity contribution >= 4 is 60.2 Å². The maximum atomic E-state index is 12.6. The van der Waals surface area contributed by atoms with Gasteiger partial charge in [-0.2, -0.15) is 9.05 Å². The Morgan fingerprint density at radius 1 is 1.42 bits per heavy atom. The fraction of sp³-hybridized carbons (Fsp3) is 0.647. The van der Waals surface area contributed by atoms with Crippen molar-refractivity contribution in [3.8, 4) is 0 Å². The molecule has 0 bridgehead atoms. The highest BCUT2D eigenvalue weighted by atomic mass is 79.9. The van der Waals surface area contributed by atoms with Crippen LogP contribution in [0.2, 0.25) is 5.15 Å². The van der Waals surface area contributed by atoms with Gasteiger partial charge in [0.25, 0.3) is 0 Å². The van der Waals surface area contributed by atoms with Gasteiger partial charge in [-0.05, 0) is 35.3 Å². The SMILES string of the molecule is [B][P+]1(O)OC[C@H]2O[C@@H](n3c(Br)nc4c(Cl)ncnc43)[C@H](OC(=O)NCCCCCCN)[C@@H]2O1. The molecule has 1 unspecified atom stereocenters. The first-order chi connectivity index (χ1) is 15.8. The second kappa shape index (κ2) is 10.7. The van der Waals surface area contributed by atoms with Crippen LogP contribution in [0.15, 0.2) is 11.1 Å². The topological polar surface area (TPSA) is 156 Å². The number of amides is 1. The lowest BCUT2D eigenvalue weighted by Crippen LogP contribution is -2.44. The molecule has 0 saturated carbocycles. The first-order valence-corrected chi connectivity index (χ1v) is 13.2. The number of carbonyl (C=O) groups is 1. The first-order valence-electron chi connectivity index (χ1n) is 10.4. The minimum atomic E-state index is -3.58. The zero-order chi connectivity index (χ0) is 23.6. The Hall–Kier alpha value is -1.12. The van der Waals surface area contributed by atoms with Gasteiger partial charge >= 0.3 is 21.5 Å². The van der Waals surface area contributed by atoms with Gasteiger partial charge in [-0.3, -0.25) is 4.57 Å². The lowest BCUT2D eigenvalue weighted by Gasteiger charge is -2.29. The number of fused-ring (bicyclic) bond motifs is 2. The van der Waals surface area contributed by atoms with E-state index in [1.807, 2.05) is 0 Å². The molecule has 2 saturated heterocycles. The van der Waals surface area contributed by atoms with E-state index in [2.05, 4.69) is 36.2 Å². The van der Waals surface area contributed by atoms with Crippen LogP contribution in [0.3, 0.4) is 0 Å². The summed E-state index contributed by atoms with van der Waals surface area (Å²) in [7, 11) is 2.12. The number of aromatic nitrogens is 4. The molecule has 0 spiro atoms. The van der Waals surface area contributed by atoms with Crippen molar-refractivity contribution in [2.75, 3.05) is 19.7 Å². The van der Waals surface area contributed by atoms with Crippen LogP contribution in [-0.4, -0.2) is 76.1 Å². The van der Waals surface area contributed by atoms with Crippen molar-refractivity contribution < 1.29 is 28.2 Å². The van der Waals surface area contributed by atoms with Crippen molar-refractivity contribution in [1.82, 2.24) is 24.8 Å². The van der Waals surface area contributed by atoms with Gasteiger partial charge in [0.05, 0.1) is 0 Å². The van der Waals surface area contributed by atoms with Crippen LogP contribution in [-0.2, 0) is 18.5 Å². The van der Waals surface area contributed by atoms with E-state index in [9.17, 15) is 9.69 Å². The highest BCUT2D eigenvalue weighted by molar-refractivity contribution is 9.10. The maximum absolute atomic E-state index is 12.6. The first kappa shape index (κ1) is 25.0. The predicted octanol–water partition coefficient (Wildman–Crippen LogP) is 2.01. The van der Waals surface area contributed by atoms with Crippen molar-refractivity contribution in [3.05, 3.63) is 16.2 Å². The molecular weight excluding hydrogens is 541 g/mol. The summed E-state index contributed by atoms with van der Waals surface area (Å²) in [6.07, 6.45) is 0.863. The Kier molecular flexibility index (Phi) is 8.07. The molecule has 2 aliphatic rings. The number of halogens is 2. The fourth-order valence-corrected chi connectivity index (χ4v) is 5.49. The molecule has 16 heteroatoms. The molecule has 5 atom stereocenters. The van der Waals surface area contributed by atoms with Crippen LogP contribution in [0.5, 0.6) is 0 Å². The Balaban J connectivity index is 1.54. The van der Waals surface area contributed by atoms with E-state index in [0.29, 0.717) is 29.0 Å². The molecule has 2 fully saturated rings. The van der Waals surface area contributed by atoms with Gasteiger partial charge < -0.3 is 20.5 Å². The third-order valence-electron chi connectivity index (χ3n) is 5.27. The molecule has 178 valence electrons. The third kappa shape index (κ3) is 5.59. The van der Waals surface area contributed by atoms with E-state index in [0.717, 1.165) is 25.7 Å². The molecule has 0 aromatic carbocycles. The number of unbranched alkanes of at least 4 members (excludes halogenated alkanes) is 3. The van der Waals surface area contributed by atoms with Crippen molar-refractivity contribution in [3.63, 3.8) is 0 Å². The number of nitrogens with two attached hydrogens (primary N) is 1. The molecule has 4 N–H and O–H groups in total. The summed E-state index contributed by atoms with van der Waals surface area (Å²) in [6.45, 7) is 1.05. The molecule has 2 aliphatic heterocycles. The Morgan fingerprint density at radius 3 is 3.00 bits per heavy atom. The van der Waals surface area contributed by atoms with E-state index < -0.39 is 38.5 Å². The van der Waals surface area contributed by atoms with E-state index >= 15 is 0 Å². The van der Waals surface area contributed by atoms with Gasteiger partial charge in [0.1, 0.15) is 24.6 Å². The zero-order valence-electron chi connectivity index (χ0n) is 17.5. The summed E-state index contributed by atoms with van der Waals surface area (Å²) in [6, 6.07) is 0. The largest absolute Gasteiger partial charge is 0.488 e. The number of imidazole rings is 1. The number of nitrogens with zero attached hydrogens (tertiary/aromatic N) is 4. The summed E-state index contributed by atoms with van der Waals surface area (Å²) < 4.78 is 24.4. The van der Waals surface area contributed by atoms with Crippen molar-refractivity contribution in [1.29, 1.82) is 0 Å². The van der Waals surface area contributed by atoms with Gasteiger partial charge in [0.15, 0.2) is 34.0 Å². The molecule has 2 aromatic rings.